The van der Waals surface area contributed by atoms with Gasteiger partial charge < -0.3 is 4.90 Å². The van der Waals surface area contributed by atoms with Gasteiger partial charge in [-0.3, -0.25) is 9.59 Å². The minimum absolute atomic E-state index is 0.537. The molecule has 0 aliphatic rings. The van der Waals surface area contributed by atoms with Crippen LogP contribution in [0.1, 0.15) is 29.8 Å². The van der Waals surface area contributed by atoms with Gasteiger partial charge in [0.15, 0.2) is 6.29 Å². The third kappa shape index (κ3) is 3.20. The predicted molar refractivity (Wildman–Crippen MR) is 62.4 cm³/mol. The Balaban J connectivity index is 0.000000921. The largest absolute Gasteiger partial charge is 0.317 e. The Morgan fingerprint density at radius 3 is 2.27 bits per heavy atom. The molecule has 0 saturated heterocycles. The lowest BCUT2D eigenvalue weighted by molar-refractivity contribution is -0.107. The Morgan fingerprint density at radius 1 is 1.20 bits per heavy atom. The highest BCUT2D eigenvalue weighted by Crippen LogP contribution is 2.21. The Bertz CT molecular complexity index is 334. The van der Waals surface area contributed by atoms with Gasteiger partial charge in [-0.1, -0.05) is 26.0 Å². The monoisotopic (exact) mass is 207 g/mol. The molecule has 1 aromatic carbocycles. The summed E-state index contributed by atoms with van der Waals surface area (Å²) in [5.74, 6) is 0. The first-order valence-electron chi connectivity index (χ1n) is 4.93. The van der Waals surface area contributed by atoms with Crippen LogP contribution in [-0.4, -0.2) is 19.7 Å². The molecule has 82 valence electrons. The molecule has 0 heterocycles. The smallest absolute Gasteiger partial charge is 0.213 e. The molecule has 0 aliphatic heterocycles. The molecule has 3 nitrogen and oxygen atoms in total. The molecule has 15 heavy (non-hydrogen) atoms. The first-order valence-corrected chi connectivity index (χ1v) is 4.93. The summed E-state index contributed by atoms with van der Waals surface area (Å²) in [4.78, 5) is 22.6. The number of para-hydroxylation sites is 1. The molecule has 1 rings (SSSR count). The fourth-order valence-corrected chi connectivity index (χ4v) is 1.31. The lowest BCUT2D eigenvalue weighted by atomic mass is 10.1. The molecule has 0 aromatic heterocycles. The zero-order valence-electron chi connectivity index (χ0n) is 9.65. The number of amides is 1. The fourth-order valence-electron chi connectivity index (χ4n) is 1.31. The van der Waals surface area contributed by atoms with E-state index in [4.69, 9.17) is 0 Å². The number of hydrogen-bond acceptors (Lipinski definition) is 2. The van der Waals surface area contributed by atoms with Gasteiger partial charge in [-0.2, -0.15) is 0 Å². The molecule has 0 radical (unpaired) electrons. The molecule has 0 fully saturated rings. The third-order valence-corrected chi connectivity index (χ3v) is 1.91. The van der Waals surface area contributed by atoms with E-state index in [-0.39, 0.29) is 0 Å². The number of aldehydes is 1. The topological polar surface area (TPSA) is 37.4 Å². The van der Waals surface area contributed by atoms with Gasteiger partial charge in [0.05, 0.1) is 5.69 Å². The Kier molecular flexibility index (Phi) is 6.02. The molecule has 0 N–H and O–H groups in total. The predicted octanol–water partition coefficient (Wildman–Crippen LogP) is 2.43. The number of carbonyl (C=O) groups excluding carboxylic acids is 2. The van der Waals surface area contributed by atoms with Gasteiger partial charge in [0, 0.05) is 12.6 Å². The van der Waals surface area contributed by atoms with Crippen LogP contribution in [0, 0.1) is 6.92 Å². The average Bonchev–Trinajstić information content (AvgIpc) is 2.30. The second-order valence-corrected chi connectivity index (χ2v) is 2.85. The van der Waals surface area contributed by atoms with Gasteiger partial charge in [-0.05, 0) is 18.6 Å². The SMILES string of the molecule is CC.Cc1cccc(C=O)c1N(C)C=O. The van der Waals surface area contributed by atoms with E-state index in [1.165, 1.54) is 4.90 Å². The van der Waals surface area contributed by atoms with E-state index in [1.54, 1.807) is 19.2 Å². The molecule has 0 spiro atoms. The standard InChI is InChI=1S/C10H11NO2.C2H6/c1-8-4-3-5-9(6-12)10(8)11(2)7-13;1-2/h3-7H,1-2H3;1-2H3. The van der Waals surface area contributed by atoms with Crippen LogP contribution in [0.5, 0.6) is 0 Å². The molecule has 1 aromatic rings. The molecule has 0 bridgehead atoms. The van der Waals surface area contributed by atoms with E-state index in [1.807, 2.05) is 26.8 Å². The zero-order chi connectivity index (χ0) is 11.8. The van der Waals surface area contributed by atoms with Gasteiger partial charge in [-0.15, -0.1) is 0 Å². The van der Waals surface area contributed by atoms with Gasteiger partial charge in [-0.25, -0.2) is 0 Å². The van der Waals surface area contributed by atoms with E-state index >= 15 is 0 Å². The summed E-state index contributed by atoms with van der Waals surface area (Å²) in [7, 11) is 1.63. The van der Waals surface area contributed by atoms with Crippen molar-refractivity contribution in [2.75, 3.05) is 11.9 Å². The maximum Gasteiger partial charge on any atom is 0.213 e. The second-order valence-electron chi connectivity index (χ2n) is 2.85. The van der Waals surface area contributed by atoms with Gasteiger partial charge in [0.25, 0.3) is 0 Å². The summed E-state index contributed by atoms with van der Waals surface area (Å²) in [5, 5.41) is 0. The summed E-state index contributed by atoms with van der Waals surface area (Å²) in [6.45, 7) is 5.86. The van der Waals surface area contributed by atoms with Crippen molar-refractivity contribution in [2.45, 2.75) is 20.8 Å². The van der Waals surface area contributed by atoms with E-state index in [9.17, 15) is 9.59 Å². The summed E-state index contributed by atoms with van der Waals surface area (Å²) in [6.07, 6.45) is 1.44. The highest BCUT2D eigenvalue weighted by atomic mass is 16.1. The number of aryl methyl sites for hydroxylation is 1. The number of nitrogens with zero attached hydrogens (tertiary/aromatic N) is 1. The number of rotatable bonds is 3. The first kappa shape index (κ1) is 13.4. The van der Waals surface area contributed by atoms with Crippen LogP contribution in [-0.2, 0) is 4.79 Å². The van der Waals surface area contributed by atoms with Crippen LogP contribution in [0.25, 0.3) is 0 Å². The lowest BCUT2D eigenvalue weighted by Gasteiger charge is -2.15. The van der Waals surface area contributed by atoms with Crippen LogP contribution < -0.4 is 4.90 Å². The molecular formula is C12H17NO2. The van der Waals surface area contributed by atoms with Crippen LogP contribution in [0.2, 0.25) is 0 Å². The quantitative estimate of drug-likeness (QED) is 0.714. The van der Waals surface area contributed by atoms with E-state index in [2.05, 4.69) is 0 Å². The lowest BCUT2D eigenvalue weighted by Crippen LogP contribution is -2.16. The Labute approximate surface area is 90.7 Å². The zero-order valence-corrected chi connectivity index (χ0v) is 9.65. The van der Waals surface area contributed by atoms with E-state index < -0.39 is 0 Å². The van der Waals surface area contributed by atoms with E-state index in [0.717, 1.165) is 11.8 Å². The second kappa shape index (κ2) is 6.76. The van der Waals surface area contributed by atoms with Crippen molar-refractivity contribution in [1.29, 1.82) is 0 Å². The molecule has 0 unspecified atom stereocenters. The number of benzene rings is 1. The minimum atomic E-state index is 0.537. The van der Waals surface area contributed by atoms with Crippen LogP contribution >= 0.6 is 0 Å². The maximum atomic E-state index is 10.7. The van der Waals surface area contributed by atoms with Crippen molar-refractivity contribution in [3.05, 3.63) is 29.3 Å². The summed E-state index contributed by atoms with van der Waals surface area (Å²) in [6, 6.07) is 5.35. The van der Waals surface area contributed by atoms with Crippen molar-refractivity contribution in [3.8, 4) is 0 Å². The average molecular weight is 207 g/mol. The van der Waals surface area contributed by atoms with Crippen molar-refractivity contribution in [1.82, 2.24) is 0 Å². The van der Waals surface area contributed by atoms with Crippen LogP contribution in [0.4, 0.5) is 5.69 Å². The normalized spacial score (nSPS) is 8.53. The maximum absolute atomic E-state index is 10.7. The van der Waals surface area contributed by atoms with Gasteiger partial charge >= 0.3 is 0 Å². The van der Waals surface area contributed by atoms with Crippen molar-refractivity contribution in [3.63, 3.8) is 0 Å². The highest BCUT2D eigenvalue weighted by molar-refractivity contribution is 5.91. The highest BCUT2D eigenvalue weighted by Gasteiger charge is 2.08. The molecule has 3 heteroatoms. The fraction of sp³-hybridized carbons (Fsp3) is 0.333. The summed E-state index contributed by atoms with van der Waals surface area (Å²) < 4.78 is 0. The van der Waals surface area contributed by atoms with Crippen LogP contribution in [0.15, 0.2) is 18.2 Å². The molecule has 0 saturated carbocycles. The van der Waals surface area contributed by atoms with Gasteiger partial charge in [0.1, 0.15) is 0 Å². The minimum Gasteiger partial charge on any atom is -0.317 e. The van der Waals surface area contributed by atoms with Crippen LogP contribution in [0.3, 0.4) is 0 Å². The molecule has 0 aliphatic carbocycles. The van der Waals surface area contributed by atoms with Crippen molar-refractivity contribution >= 4 is 18.4 Å². The summed E-state index contributed by atoms with van der Waals surface area (Å²) in [5.41, 5.74) is 2.13. The third-order valence-electron chi connectivity index (χ3n) is 1.91. The van der Waals surface area contributed by atoms with Gasteiger partial charge in [0.2, 0.25) is 6.41 Å². The number of carbonyl (C=O) groups is 2. The molecule has 1 amide bonds. The Morgan fingerprint density at radius 2 is 1.80 bits per heavy atom. The van der Waals surface area contributed by atoms with Crippen molar-refractivity contribution in [2.24, 2.45) is 0 Å². The number of anilines is 1. The Hall–Kier alpha value is -1.64. The molecule has 0 atom stereocenters. The number of hydrogen-bond donors (Lipinski definition) is 0. The van der Waals surface area contributed by atoms with E-state index in [0.29, 0.717) is 17.7 Å². The van der Waals surface area contributed by atoms with Crippen molar-refractivity contribution < 1.29 is 9.59 Å². The molecular weight excluding hydrogens is 190 g/mol. The first-order chi connectivity index (χ1) is 7.20. The summed E-state index contributed by atoms with van der Waals surface area (Å²) >= 11 is 0.